The number of aliphatic hydroxyl groups is 4. The summed E-state index contributed by atoms with van der Waals surface area (Å²) in [6.07, 6.45) is -1.71. The Kier molecular flexibility index (Phi) is 3.42. The summed E-state index contributed by atoms with van der Waals surface area (Å²) in [7, 11) is 0. The molecule has 3 atom stereocenters. The maximum atomic E-state index is 9.32. The van der Waals surface area contributed by atoms with Crippen molar-refractivity contribution in [2.24, 2.45) is 0 Å². The molecule has 0 bridgehead atoms. The van der Waals surface area contributed by atoms with Gasteiger partial charge in [-0.2, -0.15) is 0 Å². The van der Waals surface area contributed by atoms with Crippen molar-refractivity contribution >= 4 is 0 Å². The van der Waals surface area contributed by atoms with Crippen LogP contribution in [0.1, 0.15) is 0 Å². The Bertz CT molecular complexity index is 143. The Morgan fingerprint density at radius 3 is 2.42 bits per heavy atom. The number of aliphatic hydroxyl groups excluding tert-OH is 4. The molecule has 0 spiro atoms. The van der Waals surface area contributed by atoms with Crippen molar-refractivity contribution in [3.63, 3.8) is 0 Å². The molecule has 1 rings (SSSR count). The van der Waals surface area contributed by atoms with E-state index in [2.05, 4.69) is 0 Å². The Morgan fingerprint density at radius 1 is 1.25 bits per heavy atom. The fraction of sp³-hybridized carbons (Fsp3) is 1.00. The van der Waals surface area contributed by atoms with Gasteiger partial charge < -0.3 is 20.4 Å². The normalized spacial score (nSPS) is 37.5. The van der Waals surface area contributed by atoms with Gasteiger partial charge in [0, 0.05) is 13.1 Å². The van der Waals surface area contributed by atoms with E-state index in [0.717, 1.165) is 0 Å². The second-order valence-electron chi connectivity index (χ2n) is 3.03. The highest BCUT2D eigenvalue weighted by Crippen LogP contribution is 2.17. The van der Waals surface area contributed by atoms with Gasteiger partial charge in [-0.1, -0.05) is 0 Å². The van der Waals surface area contributed by atoms with E-state index >= 15 is 0 Å². The molecule has 0 aliphatic carbocycles. The average molecular weight is 177 g/mol. The smallest absolute Gasteiger partial charge is 0.0988 e. The highest BCUT2D eigenvalue weighted by molar-refractivity contribution is 4.92. The van der Waals surface area contributed by atoms with Gasteiger partial charge in [0.1, 0.15) is 0 Å². The van der Waals surface area contributed by atoms with Crippen molar-refractivity contribution in [2.75, 3.05) is 26.3 Å². The van der Waals surface area contributed by atoms with E-state index in [9.17, 15) is 10.2 Å². The van der Waals surface area contributed by atoms with E-state index in [0.29, 0.717) is 13.1 Å². The predicted octanol–water partition coefficient (Wildman–Crippen LogP) is -2.62. The first kappa shape index (κ1) is 9.88. The van der Waals surface area contributed by atoms with Crippen molar-refractivity contribution in [3.8, 4) is 0 Å². The Morgan fingerprint density at radius 2 is 1.92 bits per heavy atom. The van der Waals surface area contributed by atoms with E-state index in [-0.39, 0.29) is 13.2 Å². The van der Waals surface area contributed by atoms with E-state index in [1.807, 2.05) is 0 Å². The fourth-order valence-corrected chi connectivity index (χ4v) is 1.57. The lowest BCUT2D eigenvalue weighted by atomic mass is 10.1. The van der Waals surface area contributed by atoms with Crippen LogP contribution in [0.4, 0.5) is 0 Å². The Balaban J connectivity index is 2.52. The molecule has 5 nitrogen and oxygen atoms in total. The SMILES string of the molecule is OCCN1C[C@@H](O)[C@H](O)C1CO. The minimum Gasteiger partial charge on any atom is -0.395 e. The van der Waals surface area contributed by atoms with Gasteiger partial charge in [0.25, 0.3) is 0 Å². The van der Waals surface area contributed by atoms with Gasteiger partial charge in [0.15, 0.2) is 0 Å². The summed E-state index contributed by atoms with van der Waals surface area (Å²) in [6, 6.07) is -0.438. The minimum atomic E-state index is -0.901. The zero-order chi connectivity index (χ0) is 9.14. The van der Waals surface area contributed by atoms with Gasteiger partial charge in [-0.15, -0.1) is 0 Å². The Hall–Kier alpha value is -0.200. The third-order valence-corrected chi connectivity index (χ3v) is 2.25. The lowest BCUT2D eigenvalue weighted by molar-refractivity contribution is 0.0204. The van der Waals surface area contributed by atoms with Gasteiger partial charge in [-0.25, -0.2) is 0 Å². The molecule has 12 heavy (non-hydrogen) atoms. The third-order valence-electron chi connectivity index (χ3n) is 2.25. The monoisotopic (exact) mass is 177 g/mol. The zero-order valence-corrected chi connectivity index (χ0v) is 6.80. The molecule has 0 aromatic carbocycles. The number of likely N-dealkylation sites (tertiary alicyclic amines) is 1. The molecule has 0 saturated carbocycles. The van der Waals surface area contributed by atoms with Crippen LogP contribution in [-0.2, 0) is 0 Å². The van der Waals surface area contributed by atoms with Crippen LogP contribution >= 0.6 is 0 Å². The number of β-amino-alcohol motifs (C(OH)–C–C–N with tert-alkyl or cyclic N) is 2. The van der Waals surface area contributed by atoms with E-state index in [1.165, 1.54) is 0 Å². The molecule has 0 aromatic heterocycles. The molecule has 1 aliphatic rings. The third kappa shape index (κ3) is 1.75. The summed E-state index contributed by atoms with van der Waals surface area (Å²) >= 11 is 0. The highest BCUT2D eigenvalue weighted by Gasteiger charge is 2.38. The molecule has 1 saturated heterocycles. The van der Waals surface area contributed by atoms with Crippen LogP contribution in [0.15, 0.2) is 0 Å². The van der Waals surface area contributed by atoms with Crippen molar-refractivity contribution in [1.29, 1.82) is 0 Å². The lowest BCUT2D eigenvalue weighted by Gasteiger charge is -2.22. The molecule has 1 heterocycles. The van der Waals surface area contributed by atoms with Crippen LogP contribution in [0.2, 0.25) is 0 Å². The van der Waals surface area contributed by atoms with E-state index in [4.69, 9.17) is 10.2 Å². The summed E-state index contributed by atoms with van der Waals surface area (Å²) in [5.41, 5.74) is 0. The molecule has 0 amide bonds. The molecular formula is C7H15NO4. The summed E-state index contributed by atoms with van der Waals surface area (Å²) in [5.74, 6) is 0. The summed E-state index contributed by atoms with van der Waals surface area (Å²) in [4.78, 5) is 1.68. The summed E-state index contributed by atoms with van der Waals surface area (Å²) < 4.78 is 0. The molecule has 5 heteroatoms. The second kappa shape index (κ2) is 4.15. The van der Waals surface area contributed by atoms with Crippen molar-refractivity contribution in [2.45, 2.75) is 18.2 Å². The number of rotatable bonds is 3. The summed E-state index contributed by atoms with van der Waals surface area (Å²) in [6.45, 7) is 0.459. The second-order valence-corrected chi connectivity index (χ2v) is 3.03. The van der Waals surface area contributed by atoms with Gasteiger partial charge in [0.2, 0.25) is 0 Å². The van der Waals surface area contributed by atoms with Crippen LogP contribution in [0, 0.1) is 0 Å². The molecule has 0 radical (unpaired) electrons. The standard InChI is InChI=1S/C7H15NO4/c9-2-1-8-3-6(11)7(12)5(8)4-10/h5-7,9-12H,1-4H2/t5?,6-,7-/m1/s1. The average Bonchev–Trinajstić information content (AvgIpc) is 2.29. The number of hydrogen-bond acceptors (Lipinski definition) is 5. The lowest BCUT2D eigenvalue weighted by Crippen LogP contribution is -2.40. The molecule has 1 unspecified atom stereocenters. The van der Waals surface area contributed by atoms with Gasteiger partial charge in [0.05, 0.1) is 31.5 Å². The van der Waals surface area contributed by atoms with Crippen LogP contribution in [0.3, 0.4) is 0 Å². The largest absolute Gasteiger partial charge is 0.395 e. The quantitative estimate of drug-likeness (QED) is 0.379. The zero-order valence-electron chi connectivity index (χ0n) is 6.80. The summed E-state index contributed by atoms with van der Waals surface area (Å²) in [5, 5.41) is 36.0. The van der Waals surface area contributed by atoms with Crippen LogP contribution < -0.4 is 0 Å². The van der Waals surface area contributed by atoms with E-state index < -0.39 is 18.2 Å². The van der Waals surface area contributed by atoms with E-state index in [1.54, 1.807) is 4.90 Å². The van der Waals surface area contributed by atoms with Crippen LogP contribution in [-0.4, -0.2) is 69.9 Å². The molecular weight excluding hydrogens is 162 g/mol. The maximum absolute atomic E-state index is 9.32. The first-order valence-corrected chi connectivity index (χ1v) is 4.02. The predicted molar refractivity (Wildman–Crippen MR) is 41.5 cm³/mol. The first-order valence-electron chi connectivity index (χ1n) is 4.02. The minimum absolute atomic E-state index is 0.0318. The van der Waals surface area contributed by atoms with Crippen molar-refractivity contribution < 1.29 is 20.4 Å². The number of hydrogen-bond donors (Lipinski definition) is 4. The molecule has 1 fully saturated rings. The van der Waals surface area contributed by atoms with Gasteiger partial charge in [-0.3, -0.25) is 4.90 Å². The topological polar surface area (TPSA) is 84.2 Å². The molecule has 4 N–H and O–H groups in total. The highest BCUT2D eigenvalue weighted by atomic mass is 16.3. The van der Waals surface area contributed by atoms with Gasteiger partial charge >= 0.3 is 0 Å². The first-order chi connectivity index (χ1) is 5.70. The van der Waals surface area contributed by atoms with Crippen molar-refractivity contribution in [3.05, 3.63) is 0 Å². The van der Waals surface area contributed by atoms with Crippen LogP contribution in [0.5, 0.6) is 0 Å². The van der Waals surface area contributed by atoms with Crippen LogP contribution in [0.25, 0.3) is 0 Å². The molecule has 1 aliphatic heterocycles. The Labute approximate surface area is 70.9 Å². The number of nitrogens with zero attached hydrogens (tertiary/aromatic N) is 1. The fourth-order valence-electron chi connectivity index (χ4n) is 1.57. The van der Waals surface area contributed by atoms with Crippen molar-refractivity contribution in [1.82, 2.24) is 4.90 Å². The maximum Gasteiger partial charge on any atom is 0.0988 e. The molecule has 72 valence electrons. The molecule has 0 aromatic rings. The van der Waals surface area contributed by atoms with Gasteiger partial charge in [-0.05, 0) is 0 Å².